The van der Waals surface area contributed by atoms with Crippen LogP contribution in [-0.4, -0.2) is 52.0 Å². The Bertz CT molecular complexity index is 453. The first-order chi connectivity index (χ1) is 10.2. The number of likely N-dealkylation sites (tertiary alicyclic amines) is 1. The van der Waals surface area contributed by atoms with Gasteiger partial charge in [0.1, 0.15) is 11.5 Å². The summed E-state index contributed by atoms with van der Waals surface area (Å²) < 4.78 is 16.0. The molecule has 0 bridgehead atoms. The van der Waals surface area contributed by atoms with Crippen molar-refractivity contribution in [1.82, 2.24) is 4.90 Å². The third-order valence-electron chi connectivity index (χ3n) is 4.12. The molecule has 0 saturated carbocycles. The van der Waals surface area contributed by atoms with E-state index in [1.54, 1.807) is 21.3 Å². The summed E-state index contributed by atoms with van der Waals surface area (Å²) in [7, 11) is 5.07. The monoisotopic (exact) mass is 294 g/mol. The number of ether oxygens (including phenoxy) is 3. The summed E-state index contributed by atoms with van der Waals surface area (Å²) in [6.07, 6.45) is 2.16. The molecular weight excluding hydrogens is 268 g/mol. The highest BCUT2D eigenvalue weighted by Crippen LogP contribution is 2.37. The molecule has 1 heterocycles. The lowest BCUT2D eigenvalue weighted by Gasteiger charge is -2.40. The molecule has 2 atom stereocenters. The maximum atomic E-state index is 6.40. The van der Waals surface area contributed by atoms with E-state index in [4.69, 9.17) is 19.9 Å². The third kappa shape index (κ3) is 3.67. The highest BCUT2D eigenvalue weighted by Gasteiger charge is 2.32. The van der Waals surface area contributed by atoms with Crippen molar-refractivity contribution in [1.29, 1.82) is 0 Å². The third-order valence-corrected chi connectivity index (χ3v) is 4.12. The van der Waals surface area contributed by atoms with Crippen molar-refractivity contribution < 1.29 is 14.2 Å². The smallest absolute Gasteiger partial charge is 0.127 e. The lowest BCUT2D eigenvalue weighted by atomic mass is 9.90. The minimum Gasteiger partial charge on any atom is -0.497 e. The first-order valence-electron chi connectivity index (χ1n) is 7.41. The highest BCUT2D eigenvalue weighted by atomic mass is 16.5. The average Bonchev–Trinajstić information content (AvgIpc) is 2.52. The second-order valence-corrected chi connectivity index (χ2v) is 5.39. The molecule has 1 aliphatic rings. The van der Waals surface area contributed by atoms with Gasteiger partial charge in [-0.3, -0.25) is 4.90 Å². The second-order valence-electron chi connectivity index (χ2n) is 5.39. The molecule has 2 rings (SSSR count). The van der Waals surface area contributed by atoms with Crippen LogP contribution < -0.4 is 15.2 Å². The van der Waals surface area contributed by atoms with E-state index in [1.807, 2.05) is 12.1 Å². The molecule has 0 aliphatic carbocycles. The molecule has 5 heteroatoms. The number of methoxy groups -OCH3 is 3. The van der Waals surface area contributed by atoms with Crippen molar-refractivity contribution in [2.45, 2.75) is 24.9 Å². The number of rotatable bonds is 6. The molecular formula is C16H26N2O3. The Labute approximate surface area is 127 Å². The van der Waals surface area contributed by atoms with E-state index in [1.165, 1.54) is 0 Å². The van der Waals surface area contributed by atoms with Gasteiger partial charge in [0.2, 0.25) is 0 Å². The molecule has 118 valence electrons. The molecule has 1 aromatic carbocycles. The molecule has 0 radical (unpaired) electrons. The van der Waals surface area contributed by atoms with Gasteiger partial charge in [0.15, 0.2) is 0 Å². The van der Waals surface area contributed by atoms with Crippen LogP contribution in [0.3, 0.4) is 0 Å². The SMILES string of the molecule is COCCN1CCCC(N)C1c1ccc(OC)cc1OC. The van der Waals surface area contributed by atoms with Gasteiger partial charge >= 0.3 is 0 Å². The van der Waals surface area contributed by atoms with Crippen LogP contribution in [0.2, 0.25) is 0 Å². The summed E-state index contributed by atoms with van der Waals surface area (Å²) in [6, 6.07) is 6.22. The number of nitrogens with two attached hydrogens (primary N) is 1. The minimum absolute atomic E-state index is 0.109. The van der Waals surface area contributed by atoms with E-state index in [0.29, 0.717) is 6.61 Å². The van der Waals surface area contributed by atoms with Crippen molar-refractivity contribution in [3.8, 4) is 11.5 Å². The average molecular weight is 294 g/mol. The van der Waals surface area contributed by atoms with Crippen molar-refractivity contribution in [3.63, 3.8) is 0 Å². The van der Waals surface area contributed by atoms with Crippen LogP contribution in [0.4, 0.5) is 0 Å². The quantitative estimate of drug-likeness (QED) is 0.867. The zero-order valence-electron chi connectivity index (χ0n) is 13.2. The lowest BCUT2D eigenvalue weighted by Crippen LogP contribution is -2.47. The van der Waals surface area contributed by atoms with Gasteiger partial charge in [-0.2, -0.15) is 0 Å². The Balaban J connectivity index is 2.30. The van der Waals surface area contributed by atoms with Crippen molar-refractivity contribution in [2.24, 2.45) is 5.73 Å². The molecule has 5 nitrogen and oxygen atoms in total. The van der Waals surface area contributed by atoms with Crippen LogP contribution in [0, 0.1) is 0 Å². The fourth-order valence-electron chi connectivity index (χ4n) is 3.05. The van der Waals surface area contributed by atoms with E-state index >= 15 is 0 Å². The van der Waals surface area contributed by atoms with Crippen molar-refractivity contribution in [2.75, 3.05) is 41.0 Å². The number of piperidine rings is 1. The van der Waals surface area contributed by atoms with Crippen LogP contribution in [0.25, 0.3) is 0 Å². The number of hydrogen-bond donors (Lipinski definition) is 1. The number of benzene rings is 1. The lowest BCUT2D eigenvalue weighted by molar-refractivity contribution is 0.0835. The Morgan fingerprint density at radius 3 is 2.71 bits per heavy atom. The van der Waals surface area contributed by atoms with Crippen LogP contribution >= 0.6 is 0 Å². The largest absolute Gasteiger partial charge is 0.497 e. The molecule has 0 amide bonds. The second kappa shape index (κ2) is 7.64. The zero-order valence-corrected chi connectivity index (χ0v) is 13.2. The molecule has 0 spiro atoms. The van der Waals surface area contributed by atoms with Crippen LogP contribution in [0.15, 0.2) is 18.2 Å². The molecule has 2 N–H and O–H groups in total. The van der Waals surface area contributed by atoms with Gasteiger partial charge in [0, 0.05) is 31.3 Å². The van der Waals surface area contributed by atoms with Gasteiger partial charge in [0.05, 0.1) is 26.9 Å². The predicted octanol–water partition coefficient (Wildman–Crippen LogP) is 1.81. The Kier molecular flexibility index (Phi) is 5.85. The number of hydrogen-bond acceptors (Lipinski definition) is 5. The van der Waals surface area contributed by atoms with Gasteiger partial charge in [-0.05, 0) is 25.5 Å². The minimum atomic E-state index is 0.109. The topological polar surface area (TPSA) is 57.0 Å². The Morgan fingerprint density at radius 2 is 2.05 bits per heavy atom. The maximum Gasteiger partial charge on any atom is 0.127 e. The van der Waals surface area contributed by atoms with E-state index in [-0.39, 0.29) is 12.1 Å². The summed E-state index contributed by atoms with van der Waals surface area (Å²) in [4.78, 5) is 2.39. The standard InChI is InChI=1S/C16H26N2O3/c1-19-10-9-18-8-4-5-14(17)16(18)13-7-6-12(20-2)11-15(13)21-3/h6-7,11,14,16H,4-5,8-10,17H2,1-3H3. The highest BCUT2D eigenvalue weighted by molar-refractivity contribution is 5.43. The molecule has 1 fully saturated rings. The molecule has 1 aliphatic heterocycles. The summed E-state index contributed by atoms with van der Waals surface area (Å²) in [5.74, 6) is 1.63. The summed E-state index contributed by atoms with van der Waals surface area (Å²) in [5.41, 5.74) is 7.52. The fraction of sp³-hybridized carbons (Fsp3) is 0.625. The maximum absolute atomic E-state index is 6.40. The van der Waals surface area contributed by atoms with Gasteiger partial charge in [-0.1, -0.05) is 6.07 Å². The summed E-state index contributed by atoms with van der Waals surface area (Å²) in [5, 5.41) is 0. The van der Waals surface area contributed by atoms with E-state index < -0.39 is 0 Å². The Morgan fingerprint density at radius 1 is 1.24 bits per heavy atom. The van der Waals surface area contributed by atoms with Crippen molar-refractivity contribution >= 4 is 0 Å². The Hall–Kier alpha value is -1.30. The van der Waals surface area contributed by atoms with E-state index in [2.05, 4.69) is 11.0 Å². The molecule has 0 aromatic heterocycles. The normalized spacial score (nSPS) is 23.0. The fourth-order valence-corrected chi connectivity index (χ4v) is 3.05. The van der Waals surface area contributed by atoms with Crippen LogP contribution in [0.1, 0.15) is 24.4 Å². The summed E-state index contributed by atoms with van der Waals surface area (Å²) in [6.45, 7) is 2.63. The predicted molar refractivity (Wildman–Crippen MR) is 82.9 cm³/mol. The van der Waals surface area contributed by atoms with Gasteiger partial charge in [-0.25, -0.2) is 0 Å². The van der Waals surface area contributed by atoms with E-state index in [9.17, 15) is 0 Å². The van der Waals surface area contributed by atoms with Gasteiger partial charge in [-0.15, -0.1) is 0 Å². The van der Waals surface area contributed by atoms with Crippen LogP contribution in [-0.2, 0) is 4.74 Å². The molecule has 1 aromatic rings. The molecule has 21 heavy (non-hydrogen) atoms. The zero-order chi connectivity index (χ0) is 15.2. The number of nitrogens with zero attached hydrogens (tertiary/aromatic N) is 1. The first kappa shape index (κ1) is 16.1. The van der Waals surface area contributed by atoms with Crippen LogP contribution in [0.5, 0.6) is 11.5 Å². The first-order valence-corrected chi connectivity index (χ1v) is 7.41. The van der Waals surface area contributed by atoms with E-state index in [0.717, 1.165) is 43.0 Å². The molecule has 1 saturated heterocycles. The molecule has 2 unspecified atom stereocenters. The van der Waals surface area contributed by atoms with Crippen molar-refractivity contribution in [3.05, 3.63) is 23.8 Å². The summed E-state index contributed by atoms with van der Waals surface area (Å²) >= 11 is 0. The van der Waals surface area contributed by atoms with Gasteiger partial charge < -0.3 is 19.9 Å². The van der Waals surface area contributed by atoms with Gasteiger partial charge in [0.25, 0.3) is 0 Å².